The van der Waals surface area contributed by atoms with Gasteiger partial charge in [-0.1, -0.05) is 12.1 Å². The number of rotatable bonds is 10. The third-order valence-electron chi connectivity index (χ3n) is 4.36. The summed E-state index contributed by atoms with van der Waals surface area (Å²) < 4.78 is 15.3. The van der Waals surface area contributed by atoms with Crippen molar-refractivity contribution in [1.29, 1.82) is 0 Å². The molecule has 1 aliphatic rings. The van der Waals surface area contributed by atoms with Crippen molar-refractivity contribution < 1.29 is 33.3 Å². The predicted octanol–water partition coefficient (Wildman–Crippen LogP) is 0.334. The highest BCUT2D eigenvalue weighted by atomic mass is 31.2. The topological polar surface area (TPSA) is 145 Å². The second kappa shape index (κ2) is 10.4. The largest absolute Gasteiger partial charge is 0.524 e. The van der Waals surface area contributed by atoms with Gasteiger partial charge in [-0.05, 0) is 30.5 Å². The zero-order valence-corrected chi connectivity index (χ0v) is 17.1. The van der Waals surface area contributed by atoms with Crippen LogP contribution in [0.4, 0.5) is 0 Å². The van der Waals surface area contributed by atoms with Gasteiger partial charge in [0.1, 0.15) is 11.8 Å². The van der Waals surface area contributed by atoms with Crippen molar-refractivity contribution in [3.8, 4) is 5.75 Å². The first kappa shape index (κ1) is 22.9. The number of likely N-dealkylation sites (tertiary alicyclic amines) is 1. The van der Waals surface area contributed by atoms with Crippen molar-refractivity contribution in [2.75, 3.05) is 19.6 Å². The number of amides is 3. The third-order valence-corrected chi connectivity index (χ3v) is 4.81. The van der Waals surface area contributed by atoms with Crippen molar-refractivity contribution in [2.24, 2.45) is 0 Å². The summed E-state index contributed by atoms with van der Waals surface area (Å²) in [5.41, 5.74) is 0.680. The highest BCUT2D eigenvalue weighted by molar-refractivity contribution is 7.46. The normalized spacial score (nSPS) is 15.1. The summed E-state index contributed by atoms with van der Waals surface area (Å²) >= 11 is 0. The number of phosphoric ester groups is 1. The Morgan fingerprint density at radius 1 is 1.28 bits per heavy atom. The van der Waals surface area contributed by atoms with Crippen molar-refractivity contribution >= 4 is 25.5 Å². The highest BCUT2D eigenvalue weighted by Gasteiger charge is 2.22. The maximum atomic E-state index is 12.5. The van der Waals surface area contributed by atoms with Gasteiger partial charge in [-0.2, -0.15) is 0 Å². The molecule has 0 bridgehead atoms. The lowest BCUT2D eigenvalue weighted by Gasteiger charge is -2.19. The van der Waals surface area contributed by atoms with E-state index in [2.05, 4.69) is 15.2 Å². The fraction of sp³-hybridized carbons (Fsp3) is 0.500. The molecule has 11 heteroatoms. The Labute approximate surface area is 168 Å². The molecule has 29 heavy (non-hydrogen) atoms. The number of nitrogens with one attached hydrogen (secondary N) is 2. The molecule has 0 aliphatic carbocycles. The van der Waals surface area contributed by atoms with Crippen molar-refractivity contribution in [1.82, 2.24) is 15.5 Å². The van der Waals surface area contributed by atoms with Crippen LogP contribution in [0.5, 0.6) is 5.75 Å². The molecule has 3 amide bonds. The Morgan fingerprint density at radius 2 is 1.97 bits per heavy atom. The van der Waals surface area contributed by atoms with Crippen LogP contribution in [0.3, 0.4) is 0 Å². The molecule has 1 heterocycles. The van der Waals surface area contributed by atoms with E-state index in [0.29, 0.717) is 31.5 Å². The minimum atomic E-state index is -4.64. The van der Waals surface area contributed by atoms with Gasteiger partial charge in [0.25, 0.3) is 0 Å². The fourth-order valence-electron chi connectivity index (χ4n) is 3.06. The van der Waals surface area contributed by atoms with E-state index >= 15 is 0 Å². The van der Waals surface area contributed by atoms with E-state index in [1.54, 1.807) is 17.0 Å². The van der Waals surface area contributed by atoms with E-state index in [-0.39, 0.29) is 29.9 Å². The Kier molecular flexibility index (Phi) is 8.19. The molecule has 1 aromatic rings. The van der Waals surface area contributed by atoms with Gasteiger partial charge in [0.05, 0.1) is 0 Å². The minimum absolute atomic E-state index is 0.000859. The number of carbonyl (C=O) groups is 3. The first-order valence-corrected chi connectivity index (χ1v) is 10.8. The summed E-state index contributed by atoms with van der Waals surface area (Å²) in [5, 5.41) is 5.37. The average molecular weight is 427 g/mol. The van der Waals surface area contributed by atoms with Crippen LogP contribution in [-0.4, -0.2) is 58.1 Å². The number of benzene rings is 1. The van der Waals surface area contributed by atoms with Crippen LogP contribution in [0.1, 0.15) is 31.7 Å². The lowest BCUT2D eigenvalue weighted by Crippen LogP contribution is -2.47. The van der Waals surface area contributed by atoms with Gasteiger partial charge >= 0.3 is 7.82 Å². The summed E-state index contributed by atoms with van der Waals surface area (Å²) in [7, 11) is -4.64. The van der Waals surface area contributed by atoms with Gasteiger partial charge in [-0.25, -0.2) is 4.57 Å². The van der Waals surface area contributed by atoms with Crippen LogP contribution in [0.2, 0.25) is 0 Å². The number of phosphoric acid groups is 1. The standard InChI is InChI=1S/C18H26N3O7P/c1-13(22)20-16(12-14-5-7-15(8-6-14)28-29(25,26)27)18(24)19-9-3-11-21-10-2-4-17(21)23/h5-8,16H,2-4,9-12H2,1H3,(H,19,24)(H,20,22)(H2,25,26,27)/t16-/m0/s1. The first-order chi connectivity index (χ1) is 13.6. The number of nitrogens with zero attached hydrogens (tertiary/aromatic N) is 1. The van der Waals surface area contributed by atoms with Gasteiger partial charge < -0.3 is 20.1 Å². The summed E-state index contributed by atoms with van der Waals surface area (Å²) in [4.78, 5) is 54.9. The van der Waals surface area contributed by atoms with Gasteiger partial charge in [0, 0.05) is 39.4 Å². The molecule has 0 unspecified atom stereocenters. The zero-order valence-electron chi connectivity index (χ0n) is 16.2. The molecule has 1 fully saturated rings. The molecule has 4 N–H and O–H groups in total. The minimum Gasteiger partial charge on any atom is -0.404 e. The van der Waals surface area contributed by atoms with E-state index in [0.717, 1.165) is 13.0 Å². The van der Waals surface area contributed by atoms with Gasteiger partial charge in [-0.15, -0.1) is 0 Å². The van der Waals surface area contributed by atoms with E-state index < -0.39 is 13.9 Å². The van der Waals surface area contributed by atoms with Gasteiger partial charge in [-0.3, -0.25) is 24.2 Å². The van der Waals surface area contributed by atoms with Crippen molar-refractivity contribution in [2.45, 2.75) is 38.6 Å². The molecule has 0 aromatic heterocycles. The quantitative estimate of drug-likeness (QED) is 0.311. The molecular formula is C18H26N3O7P. The molecule has 160 valence electrons. The molecule has 1 saturated heterocycles. The molecular weight excluding hydrogens is 401 g/mol. The van der Waals surface area contributed by atoms with Crippen molar-refractivity contribution in [3.63, 3.8) is 0 Å². The van der Waals surface area contributed by atoms with E-state index in [9.17, 15) is 18.9 Å². The average Bonchev–Trinajstić information content (AvgIpc) is 3.03. The molecule has 1 atom stereocenters. The smallest absolute Gasteiger partial charge is 0.404 e. The fourth-order valence-corrected chi connectivity index (χ4v) is 3.46. The number of hydrogen-bond donors (Lipinski definition) is 4. The van der Waals surface area contributed by atoms with Crippen molar-refractivity contribution in [3.05, 3.63) is 29.8 Å². The Bertz CT molecular complexity index is 778. The monoisotopic (exact) mass is 427 g/mol. The zero-order chi connectivity index (χ0) is 21.4. The molecule has 10 nitrogen and oxygen atoms in total. The maximum Gasteiger partial charge on any atom is 0.524 e. The van der Waals surface area contributed by atoms with Crippen LogP contribution in [0.25, 0.3) is 0 Å². The SMILES string of the molecule is CC(=O)N[C@@H](Cc1ccc(OP(=O)(O)O)cc1)C(=O)NCCCN1CCCC1=O. The molecule has 1 aromatic carbocycles. The Hall–Kier alpha value is -2.42. The van der Waals surface area contributed by atoms with Gasteiger partial charge in [0.15, 0.2) is 0 Å². The predicted molar refractivity (Wildman–Crippen MR) is 104 cm³/mol. The summed E-state index contributed by atoms with van der Waals surface area (Å²) in [6.45, 7) is 3.04. The van der Waals surface area contributed by atoms with Crippen LogP contribution >= 0.6 is 7.82 Å². The molecule has 0 saturated carbocycles. The van der Waals surface area contributed by atoms with Crippen LogP contribution in [0.15, 0.2) is 24.3 Å². The molecule has 0 radical (unpaired) electrons. The summed E-state index contributed by atoms with van der Waals surface area (Å²) in [6, 6.07) is 5.08. The highest BCUT2D eigenvalue weighted by Crippen LogP contribution is 2.37. The Balaban J connectivity index is 1.87. The lowest BCUT2D eigenvalue weighted by atomic mass is 10.0. The van der Waals surface area contributed by atoms with Crippen LogP contribution in [0, 0.1) is 0 Å². The van der Waals surface area contributed by atoms with E-state index in [4.69, 9.17) is 9.79 Å². The van der Waals surface area contributed by atoms with Crippen LogP contribution in [-0.2, 0) is 25.4 Å². The first-order valence-electron chi connectivity index (χ1n) is 9.31. The summed E-state index contributed by atoms with van der Waals surface area (Å²) in [6.07, 6.45) is 2.27. The second-order valence-electron chi connectivity index (χ2n) is 6.81. The molecule has 0 spiro atoms. The van der Waals surface area contributed by atoms with Gasteiger partial charge in [0.2, 0.25) is 17.7 Å². The lowest BCUT2D eigenvalue weighted by molar-refractivity contribution is -0.128. The maximum absolute atomic E-state index is 12.5. The molecule has 1 aliphatic heterocycles. The molecule has 2 rings (SSSR count). The number of hydrogen-bond acceptors (Lipinski definition) is 5. The van der Waals surface area contributed by atoms with Crippen LogP contribution < -0.4 is 15.2 Å². The number of carbonyl (C=O) groups excluding carboxylic acids is 3. The van der Waals surface area contributed by atoms with E-state index in [1.807, 2.05) is 0 Å². The second-order valence-corrected chi connectivity index (χ2v) is 7.98. The Morgan fingerprint density at radius 3 is 2.52 bits per heavy atom. The third kappa shape index (κ3) is 8.23. The summed E-state index contributed by atoms with van der Waals surface area (Å²) in [5.74, 6) is -0.560. The van der Waals surface area contributed by atoms with E-state index in [1.165, 1.54) is 19.1 Å².